The summed E-state index contributed by atoms with van der Waals surface area (Å²) in [6, 6.07) is 8.02. The predicted octanol–water partition coefficient (Wildman–Crippen LogP) is 3.30. The standard InChI is InChI=1S/C19H16N4O5S/c1-28-19(25)22-8-7-14-15(10-20)18(29-16(14)11-22)21-17(24)6-5-12-3-2-4-13(9-12)23(26)27/h2-6,9H,7-8,11H2,1H3,(H,21,24)/b6-5+. The Labute approximate surface area is 170 Å². The Bertz CT molecular complexity index is 1050. The quantitative estimate of drug-likeness (QED) is 0.466. The number of carbonyl (C=O) groups excluding carboxylic acids is 2. The minimum atomic E-state index is -0.510. The van der Waals surface area contributed by atoms with Gasteiger partial charge in [-0.05, 0) is 23.6 Å². The van der Waals surface area contributed by atoms with E-state index in [1.165, 1.54) is 53.7 Å². The van der Waals surface area contributed by atoms with E-state index in [-0.39, 0.29) is 5.69 Å². The van der Waals surface area contributed by atoms with Crippen molar-refractivity contribution < 1.29 is 19.2 Å². The molecule has 0 spiro atoms. The maximum atomic E-state index is 12.3. The Morgan fingerprint density at radius 2 is 2.24 bits per heavy atom. The van der Waals surface area contributed by atoms with Crippen LogP contribution in [0.5, 0.6) is 0 Å². The third kappa shape index (κ3) is 4.41. The van der Waals surface area contributed by atoms with Gasteiger partial charge in [0.25, 0.3) is 5.69 Å². The molecule has 2 amide bonds. The molecule has 0 aliphatic carbocycles. The Hall–Kier alpha value is -3.71. The summed E-state index contributed by atoms with van der Waals surface area (Å²) in [4.78, 5) is 36.7. The maximum absolute atomic E-state index is 12.3. The summed E-state index contributed by atoms with van der Waals surface area (Å²) in [6.45, 7) is 0.756. The van der Waals surface area contributed by atoms with Crippen molar-refractivity contribution in [2.24, 2.45) is 0 Å². The van der Waals surface area contributed by atoms with Gasteiger partial charge in [-0.15, -0.1) is 11.3 Å². The molecule has 2 heterocycles. The molecule has 29 heavy (non-hydrogen) atoms. The topological polar surface area (TPSA) is 126 Å². The number of amides is 2. The van der Waals surface area contributed by atoms with Crippen LogP contribution in [-0.2, 0) is 22.5 Å². The molecule has 10 heteroatoms. The van der Waals surface area contributed by atoms with E-state index in [1.807, 2.05) is 0 Å². The van der Waals surface area contributed by atoms with Crippen LogP contribution in [0, 0.1) is 21.4 Å². The molecule has 0 unspecified atom stereocenters. The number of nitriles is 1. The summed E-state index contributed by atoms with van der Waals surface area (Å²) >= 11 is 1.25. The van der Waals surface area contributed by atoms with Gasteiger partial charge in [0.1, 0.15) is 11.1 Å². The number of nitrogens with zero attached hydrogens (tertiary/aromatic N) is 3. The first kappa shape index (κ1) is 20.0. The molecule has 0 atom stereocenters. The van der Waals surface area contributed by atoms with E-state index in [4.69, 9.17) is 4.74 Å². The summed E-state index contributed by atoms with van der Waals surface area (Å²) in [5.41, 5.74) is 1.66. The molecule has 3 rings (SSSR count). The lowest BCUT2D eigenvalue weighted by Crippen LogP contribution is -2.35. The Morgan fingerprint density at radius 3 is 2.93 bits per heavy atom. The van der Waals surface area contributed by atoms with Crippen molar-refractivity contribution in [1.82, 2.24) is 4.90 Å². The predicted molar refractivity (Wildman–Crippen MR) is 106 cm³/mol. The summed E-state index contributed by atoms with van der Waals surface area (Å²) < 4.78 is 4.74. The third-order valence-corrected chi connectivity index (χ3v) is 5.48. The van der Waals surface area contributed by atoms with E-state index < -0.39 is 16.9 Å². The normalized spacial score (nSPS) is 12.9. The highest BCUT2D eigenvalue weighted by Crippen LogP contribution is 2.36. The molecule has 0 saturated heterocycles. The number of fused-ring (bicyclic) bond motifs is 1. The molecule has 148 valence electrons. The van der Waals surface area contributed by atoms with Gasteiger partial charge in [0.15, 0.2) is 0 Å². The van der Waals surface area contributed by atoms with Crippen molar-refractivity contribution in [3.05, 3.63) is 62.0 Å². The lowest BCUT2D eigenvalue weighted by atomic mass is 10.0. The number of benzene rings is 1. The summed E-state index contributed by atoms with van der Waals surface area (Å²) in [5.74, 6) is -0.462. The summed E-state index contributed by atoms with van der Waals surface area (Å²) in [5, 5.41) is 23.4. The molecule has 0 radical (unpaired) electrons. The van der Waals surface area contributed by atoms with Gasteiger partial charge in [-0.2, -0.15) is 5.26 Å². The Kier molecular flexibility index (Phi) is 5.90. The molecular formula is C19H16N4O5S. The molecule has 0 bridgehead atoms. The average Bonchev–Trinajstić information content (AvgIpc) is 3.07. The zero-order valence-electron chi connectivity index (χ0n) is 15.4. The SMILES string of the molecule is COC(=O)N1CCc2c(sc(NC(=O)/C=C/c3cccc([N+](=O)[O-])c3)c2C#N)C1. The van der Waals surface area contributed by atoms with Crippen LogP contribution in [0.15, 0.2) is 30.3 Å². The lowest BCUT2D eigenvalue weighted by molar-refractivity contribution is -0.384. The highest BCUT2D eigenvalue weighted by Gasteiger charge is 2.27. The number of thiophene rings is 1. The Morgan fingerprint density at radius 1 is 1.45 bits per heavy atom. The van der Waals surface area contributed by atoms with Gasteiger partial charge in [0, 0.05) is 29.6 Å². The first-order valence-corrected chi connectivity index (χ1v) is 9.35. The lowest BCUT2D eigenvalue weighted by Gasteiger charge is -2.25. The van der Waals surface area contributed by atoms with Crippen LogP contribution in [0.1, 0.15) is 21.6 Å². The summed E-state index contributed by atoms with van der Waals surface area (Å²) in [6.07, 6.45) is 2.78. The fourth-order valence-corrected chi connectivity index (χ4v) is 4.18. The van der Waals surface area contributed by atoms with Gasteiger partial charge in [-0.1, -0.05) is 12.1 Å². The third-order valence-electron chi connectivity index (χ3n) is 4.35. The van der Waals surface area contributed by atoms with Crippen LogP contribution in [0.2, 0.25) is 0 Å². The minimum absolute atomic E-state index is 0.0691. The van der Waals surface area contributed by atoms with Crippen LogP contribution < -0.4 is 5.32 Å². The number of nitro groups is 1. The van der Waals surface area contributed by atoms with Gasteiger partial charge in [-0.25, -0.2) is 4.79 Å². The van der Waals surface area contributed by atoms with Crippen LogP contribution >= 0.6 is 11.3 Å². The Balaban J connectivity index is 1.75. The van der Waals surface area contributed by atoms with Crippen LogP contribution in [0.25, 0.3) is 6.08 Å². The smallest absolute Gasteiger partial charge is 0.409 e. The van der Waals surface area contributed by atoms with Crippen molar-refractivity contribution in [3.63, 3.8) is 0 Å². The van der Waals surface area contributed by atoms with Crippen molar-refractivity contribution in [1.29, 1.82) is 5.26 Å². The molecule has 1 aromatic heterocycles. The fourth-order valence-electron chi connectivity index (χ4n) is 2.96. The van der Waals surface area contributed by atoms with Crippen LogP contribution in [0.3, 0.4) is 0 Å². The number of hydrogen-bond acceptors (Lipinski definition) is 7. The molecule has 0 fully saturated rings. The number of hydrogen-bond donors (Lipinski definition) is 1. The number of methoxy groups -OCH3 is 1. The molecule has 1 N–H and O–H groups in total. The molecule has 2 aromatic rings. The molecule has 1 aliphatic heterocycles. The highest BCUT2D eigenvalue weighted by atomic mass is 32.1. The van der Waals surface area contributed by atoms with Crippen LogP contribution in [0.4, 0.5) is 15.5 Å². The number of nitrogens with one attached hydrogen (secondary N) is 1. The summed E-state index contributed by atoms with van der Waals surface area (Å²) in [7, 11) is 1.31. The monoisotopic (exact) mass is 412 g/mol. The van der Waals surface area contributed by atoms with E-state index in [2.05, 4.69) is 11.4 Å². The number of ether oxygens (including phenoxy) is 1. The average molecular weight is 412 g/mol. The van der Waals surface area contributed by atoms with Crippen LogP contribution in [-0.4, -0.2) is 35.5 Å². The van der Waals surface area contributed by atoms with E-state index in [9.17, 15) is 25.0 Å². The van der Waals surface area contributed by atoms with Crippen molar-refractivity contribution in [2.45, 2.75) is 13.0 Å². The fraction of sp³-hybridized carbons (Fsp3) is 0.211. The van der Waals surface area contributed by atoms with Crippen molar-refractivity contribution in [3.8, 4) is 6.07 Å². The van der Waals surface area contributed by atoms with Gasteiger partial charge in [0.05, 0.1) is 24.1 Å². The largest absolute Gasteiger partial charge is 0.453 e. The number of non-ortho nitro benzene ring substituents is 1. The number of nitro benzene ring substituents is 1. The first-order chi connectivity index (χ1) is 13.9. The van der Waals surface area contributed by atoms with E-state index in [0.29, 0.717) is 35.6 Å². The number of carbonyl (C=O) groups is 2. The second-order valence-corrected chi connectivity index (χ2v) is 7.24. The number of anilines is 1. The second kappa shape index (κ2) is 8.53. The zero-order valence-corrected chi connectivity index (χ0v) is 16.2. The highest BCUT2D eigenvalue weighted by molar-refractivity contribution is 7.16. The molecule has 0 saturated carbocycles. The molecular weight excluding hydrogens is 396 g/mol. The van der Waals surface area contributed by atoms with Gasteiger partial charge in [0.2, 0.25) is 5.91 Å². The van der Waals surface area contributed by atoms with E-state index in [1.54, 1.807) is 6.07 Å². The zero-order chi connectivity index (χ0) is 21.0. The molecule has 9 nitrogen and oxygen atoms in total. The van der Waals surface area contributed by atoms with E-state index in [0.717, 1.165) is 10.4 Å². The number of rotatable bonds is 4. The molecule has 1 aliphatic rings. The maximum Gasteiger partial charge on any atom is 0.409 e. The van der Waals surface area contributed by atoms with Crippen molar-refractivity contribution >= 4 is 40.1 Å². The van der Waals surface area contributed by atoms with Gasteiger partial charge in [-0.3, -0.25) is 14.9 Å². The van der Waals surface area contributed by atoms with Gasteiger partial charge < -0.3 is 15.0 Å². The van der Waals surface area contributed by atoms with Crippen molar-refractivity contribution in [2.75, 3.05) is 19.0 Å². The minimum Gasteiger partial charge on any atom is -0.453 e. The van der Waals surface area contributed by atoms with Gasteiger partial charge >= 0.3 is 6.09 Å². The van der Waals surface area contributed by atoms with E-state index >= 15 is 0 Å². The first-order valence-electron chi connectivity index (χ1n) is 8.54. The second-order valence-electron chi connectivity index (χ2n) is 6.14. The molecule has 1 aromatic carbocycles.